The van der Waals surface area contributed by atoms with Gasteiger partial charge in [-0.2, -0.15) is 4.98 Å². The third-order valence-electron chi connectivity index (χ3n) is 5.24. The van der Waals surface area contributed by atoms with Crippen molar-refractivity contribution >= 4 is 0 Å². The van der Waals surface area contributed by atoms with E-state index >= 15 is 0 Å². The molecule has 1 heterocycles. The van der Waals surface area contributed by atoms with Crippen molar-refractivity contribution in [3.8, 4) is 5.75 Å². The van der Waals surface area contributed by atoms with Crippen molar-refractivity contribution in [3.05, 3.63) is 77.4 Å². The molecule has 4 rings (SSSR count). The van der Waals surface area contributed by atoms with E-state index in [1.54, 1.807) is 0 Å². The molecule has 1 saturated carbocycles. The number of nitrogens with two attached hydrogens (primary N) is 1. The molecule has 1 aliphatic rings. The predicted molar refractivity (Wildman–Crippen MR) is 103 cm³/mol. The molecule has 1 fully saturated rings. The summed E-state index contributed by atoms with van der Waals surface area (Å²) < 4.78 is 11.9. The molecule has 1 atom stereocenters. The van der Waals surface area contributed by atoms with Gasteiger partial charge in [0.2, 0.25) is 6.10 Å². The zero-order valence-corrected chi connectivity index (χ0v) is 15.8. The Labute approximate surface area is 159 Å². The van der Waals surface area contributed by atoms with E-state index in [4.69, 9.17) is 15.0 Å². The van der Waals surface area contributed by atoms with Crippen LogP contribution in [0.1, 0.15) is 68.0 Å². The summed E-state index contributed by atoms with van der Waals surface area (Å²) >= 11 is 0. The van der Waals surface area contributed by atoms with E-state index in [1.165, 1.54) is 5.56 Å². The normalized spacial score (nSPS) is 16.7. The molecule has 5 heteroatoms. The SMILES string of the molecule is CC(C)c1cccc(OC(c2ccccc2)c2nc(C3(N)CCC3)no2)c1. The molecule has 0 bridgehead atoms. The number of hydrogen-bond donors (Lipinski definition) is 1. The summed E-state index contributed by atoms with van der Waals surface area (Å²) in [4.78, 5) is 4.61. The zero-order valence-electron chi connectivity index (χ0n) is 15.8. The number of aromatic nitrogens is 2. The Kier molecular flexibility index (Phi) is 4.70. The molecule has 2 aromatic carbocycles. The summed E-state index contributed by atoms with van der Waals surface area (Å²) in [6, 6.07) is 18.1. The molecule has 0 spiro atoms. The minimum atomic E-state index is -0.474. The number of nitrogens with zero attached hydrogens (tertiary/aromatic N) is 2. The van der Waals surface area contributed by atoms with Gasteiger partial charge in [0.15, 0.2) is 5.82 Å². The molecule has 1 aromatic heterocycles. The summed E-state index contributed by atoms with van der Waals surface area (Å²) in [5.41, 5.74) is 8.08. The molecule has 1 unspecified atom stereocenters. The third kappa shape index (κ3) is 3.60. The number of benzene rings is 2. The Morgan fingerprint density at radius 1 is 1.04 bits per heavy atom. The van der Waals surface area contributed by atoms with Gasteiger partial charge in [-0.15, -0.1) is 0 Å². The average Bonchev–Trinajstić information content (AvgIpc) is 3.15. The van der Waals surface area contributed by atoms with Crippen molar-refractivity contribution in [1.29, 1.82) is 0 Å². The van der Waals surface area contributed by atoms with Crippen molar-refractivity contribution in [1.82, 2.24) is 10.1 Å². The summed E-state index contributed by atoms with van der Waals surface area (Å²) in [6.45, 7) is 4.33. The highest BCUT2D eigenvalue weighted by Gasteiger charge is 2.40. The summed E-state index contributed by atoms with van der Waals surface area (Å²) in [7, 11) is 0. The van der Waals surface area contributed by atoms with E-state index in [-0.39, 0.29) is 0 Å². The van der Waals surface area contributed by atoms with E-state index in [0.29, 0.717) is 17.6 Å². The minimum absolute atomic E-state index is 0.425. The van der Waals surface area contributed by atoms with Crippen LogP contribution >= 0.6 is 0 Å². The molecule has 0 saturated heterocycles. The fourth-order valence-electron chi connectivity index (χ4n) is 3.30. The van der Waals surface area contributed by atoms with Gasteiger partial charge >= 0.3 is 0 Å². The van der Waals surface area contributed by atoms with Crippen LogP contribution in [0.5, 0.6) is 5.75 Å². The molecular formula is C22H25N3O2. The van der Waals surface area contributed by atoms with Gasteiger partial charge < -0.3 is 15.0 Å². The first-order valence-electron chi connectivity index (χ1n) is 9.50. The lowest BCUT2D eigenvalue weighted by Crippen LogP contribution is -2.44. The van der Waals surface area contributed by atoms with Gasteiger partial charge in [-0.1, -0.05) is 61.5 Å². The van der Waals surface area contributed by atoms with E-state index in [2.05, 4.69) is 36.1 Å². The van der Waals surface area contributed by atoms with E-state index in [1.807, 2.05) is 42.5 Å². The molecule has 27 heavy (non-hydrogen) atoms. The topological polar surface area (TPSA) is 74.2 Å². The quantitative estimate of drug-likeness (QED) is 0.687. The highest BCUT2D eigenvalue weighted by molar-refractivity contribution is 5.32. The highest BCUT2D eigenvalue weighted by Crippen LogP contribution is 2.38. The maximum Gasteiger partial charge on any atom is 0.272 e. The maximum absolute atomic E-state index is 6.36. The lowest BCUT2D eigenvalue weighted by atomic mass is 9.77. The van der Waals surface area contributed by atoms with Crippen LogP contribution in [0.3, 0.4) is 0 Å². The predicted octanol–water partition coefficient (Wildman–Crippen LogP) is 4.70. The van der Waals surface area contributed by atoms with Gasteiger partial charge in [-0.3, -0.25) is 0 Å². The van der Waals surface area contributed by atoms with E-state index < -0.39 is 11.6 Å². The molecule has 1 aliphatic carbocycles. The molecule has 0 radical (unpaired) electrons. The Bertz CT molecular complexity index is 901. The standard InChI is InChI=1S/C22H25N3O2/c1-15(2)17-10-6-11-18(14-17)26-19(16-8-4-3-5-9-16)20-24-21(25-27-20)22(23)12-7-13-22/h3-6,8-11,14-15,19H,7,12-13,23H2,1-2H3. The molecule has 140 valence electrons. The molecule has 0 aliphatic heterocycles. The first-order valence-corrected chi connectivity index (χ1v) is 9.50. The van der Waals surface area contributed by atoms with Crippen LogP contribution in [0.15, 0.2) is 59.1 Å². The minimum Gasteiger partial charge on any atom is -0.476 e. The monoisotopic (exact) mass is 363 g/mol. The van der Waals surface area contributed by atoms with Crippen LogP contribution < -0.4 is 10.5 Å². The van der Waals surface area contributed by atoms with Crippen molar-refractivity contribution in [2.75, 3.05) is 0 Å². The van der Waals surface area contributed by atoms with Crippen molar-refractivity contribution < 1.29 is 9.26 Å². The smallest absolute Gasteiger partial charge is 0.272 e. The van der Waals surface area contributed by atoms with Crippen LogP contribution in [0.2, 0.25) is 0 Å². The first-order chi connectivity index (χ1) is 13.0. The molecule has 2 N–H and O–H groups in total. The van der Waals surface area contributed by atoms with Gasteiger partial charge in [0.25, 0.3) is 5.89 Å². The van der Waals surface area contributed by atoms with Gasteiger partial charge in [0.05, 0.1) is 5.54 Å². The second kappa shape index (κ2) is 7.16. The molecule has 3 aromatic rings. The van der Waals surface area contributed by atoms with Crippen LogP contribution in [-0.2, 0) is 5.54 Å². The zero-order chi connectivity index (χ0) is 18.9. The van der Waals surface area contributed by atoms with E-state index in [0.717, 1.165) is 30.6 Å². The van der Waals surface area contributed by atoms with Crippen molar-refractivity contribution in [3.63, 3.8) is 0 Å². The van der Waals surface area contributed by atoms with Crippen LogP contribution in [-0.4, -0.2) is 10.1 Å². The lowest BCUT2D eigenvalue weighted by Gasteiger charge is -2.34. The van der Waals surface area contributed by atoms with Gasteiger partial charge in [0.1, 0.15) is 5.75 Å². The van der Waals surface area contributed by atoms with Crippen molar-refractivity contribution in [2.45, 2.75) is 50.7 Å². The number of hydrogen-bond acceptors (Lipinski definition) is 5. The molecular weight excluding hydrogens is 338 g/mol. The average molecular weight is 363 g/mol. The van der Waals surface area contributed by atoms with Crippen LogP contribution in [0.25, 0.3) is 0 Å². The Morgan fingerprint density at radius 3 is 2.44 bits per heavy atom. The fourth-order valence-corrected chi connectivity index (χ4v) is 3.30. The Morgan fingerprint density at radius 2 is 1.78 bits per heavy atom. The number of rotatable bonds is 6. The second-order valence-electron chi connectivity index (χ2n) is 7.60. The van der Waals surface area contributed by atoms with Crippen LogP contribution in [0.4, 0.5) is 0 Å². The molecule has 5 nitrogen and oxygen atoms in total. The summed E-state index contributed by atoms with van der Waals surface area (Å²) in [5, 5.41) is 4.15. The van der Waals surface area contributed by atoms with Gasteiger partial charge in [-0.05, 0) is 42.9 Å². The molecule has 0 amide bonds. The van der Waals surface area contributed by atoms with E-state index in [9.17, 15) is 0 Å². The second-order valence-corrected chi connectivity index (χ2v) is 7.60. The Balaban J connectivity index is 1.67. The van der Waals surface area contributed by atoms with Crippen molar-refractivity contribution in [2.24, 2.45) is 5.73 Å². The van der Waals surface area contributed by atoms with Crippen LogP contribution in [0, 0.1) is 0 Å². The van der Waals surface area contributed by atoms with Gasteiger partial charge in [0, 0.05) is 5.56 Å². The number of ether oxygens (including phenoxy) is 1. The fraction of sp³-hybridized carbons (Fsp3) is 0.364. The maximum atomic E-state index is 6.36. The van der Waals surface area contributed by atoms with Gasteiger partial charge in [-0.25, -0.2) is 0 Å². The highest BCUT2D eigenvalue weighted by atomic mass is 16.5. The summed E-state index contributed by atoms with van der Waals surface area (Å²) in [6.07, 6.45) is 2.40. The first kappa shape index (κ1) is 17.7. The third-order valence-corrected chi connectivity index (χ3v) is 5.24. The summed E-state index contributed by atoms with van der Waals surface area (Å²) in [5.74, 6) is 2.21. The largest absolute Gasteiger partial charge is 0.476 e. The lowest BCUT2D eigenvalue weighted by molar-refractivity contribution is 0.191. The Hall–Kier alpha value is -2.66.